The Bertz CT molecular complexity index is 41.4. The smallest absolute Gasteiger partial charge is 0.0998 e. The van der Waals surface area contributed by atoms with Gasteiger partial charge in [-0.05, 0) is 12.8 Å². The van der Waals surface area contributed by atoms with Gasteiger partial charge in [0.25, 0.3) is 0 Å². The van der Waals surface area contributed by atoms with Gasteiger partial charge in [-0.1, -0.05) is 20.3 Å². The molecular formula is C6H13F. The minimum atomic E-state index is -0.634. The number of hydrogen-bond donors (Lipinski definition) is 0. The lowest BCUT2D eigenvalue weighted by atomic mass is 10.1. The van der Waals surface area contributed by atoms with Crippen molar-refractivity contribution >= 4 is 0 Å². The van der Waals surface area contributed by atoms with Gasteiger partial charge in [0.15, 0.2) is 0 Å². The van der Waals surface area contributed by atoms with Crippen LogP contribution in [0.1, 0.15) is 27.2 Å². The van der Waals surface area contributed by atoms with Crippen molar-refractivity contribution in [3.63, 3.8) is 0 Å². The summed E-state index contributed by atoms with van der Waals surface area (Å²) < 4.78 is 12.1. The zero-order valence-electron chi connectivity index (χ0n) is 5.24. The van der Waals surface area contributed by atoms with E-state index in [1.54, 1.807) is 6.92 Å². The molecule has 0 aliphatic rings. The molecule has 1 unspecified atom stereocenters. The molecule has 0 amide bonds. The maximum absolute atomic E-state index is 12.1. The molecule has 0 saturated carbocycles. The molecule has 1 heteroatoms. The van der Waals surface area contributed by atoms with Crippen molar-refractivity contribution in [2.24, 2.45) is 5.92 Å². The van der Waals surface area contributed by atoms with Crippen LogP contribution in [0.5, 0.6) is 0 Å². The molecular weight excluding hydrogens is 91.1 g/mol. The lowest BCUT2D eigenvalue weighted by Gasteiger charge is -2.06. The third kappa shape index (κ3) is 2.60. The molecule has 0 aliphatic carbocycles. The van der Waals surface area contributed by atoms with Crippen LogP contribution in [0, 0.1) is 5.92 Å². The molecule has 0 nitrogen and oxygen atoms in total. The second kappa shape index (κ2) is 3.00. The highest BCUT2D eigenvalue weighted by molar-refractivity contribution is 4.54. The molecule has 2 atom stereocenters. The van der Waals surface area contributed by atoms with Crippen molar-refractivity contribution in [1.29, 1.82) is 0 Å². The van der Waals surface area contributed by atoms with E-state index < -0.39 is 6.17 Å². The van der Waals surface area contributed by atoms with E-state index in [9.17, 15) is 4.39 Å². The fourth-order valence-corrected chi connectivity index (χ4v) is 0.325. The molecule has 0 aliphatic heterocycles. The summed E-state index contributed by atoms with van der Waals surface area (Å²) in [5.74, 6) is 0.236. The largest absolute Gasteiger partial charge is 0.248 e. The fourth-order valence-electron chi connectivity index (χ4n) is 0.325. The summed E-state index contributed by atoms with van der Waals surface area (Å²) >= 11 is 0. The van der Waals surface area contributed by atoms with Gasteiger partial charge in [-0.25, -0.2) is 4.39 Å². The highest BCUT2D eigenvalue weighted by Crippen LogP contribution is 2.08. The first-order valence-corrected chi connectivity index (χ1v) is 2.82. The zero-order chi connectivity index (χ0) is 5.86. The molecule has 0 aromatic heterocycles. The molecule has 0 bridgehead atoms. The van der Waals surface area contributed by atoms with Crippen LogP contribution in [0.2, 0.25) is 0 Å². The minimum Gasteiger partial charge on any atom is -0.248 e. The van der Waals surface area contributed by atoms with E-state index in [1.807, 2.05) is 13.8 Å². The Morgan fingerprint density at radius 2 is 1.86 bits per heavy atom. The summed E-state index contributed by atoms with van der Waals surface area (Å²) in [4.78, 5) is 0. The second-order valence-electron chi connectivity index (χ2n) is 2.06. The van der Waals surface area contributed by atoms with E-state index in [0.717, 1.165) is 6.42 Å². The SMILES string of the molecule is CCC(C)[C@H](C)F. The Kier molecular flexibility index (Phi) is 2.97. The summed E-state index contributed by atoms with van der Waals surface area (Å²) in [6.45, 7) is 5.53. The van der Waals surface area contributed by atoms with E-state index in [1.165, 1.54) is 0 Å². The summed E-state index contributed by atoms with van der Waals surface area (Å²) in [6, 6.07) is 0. The summed E-state index contributed by atoms with van der Waals surface area (Å²) in [6.07, 6.45) is 0.308. The van der Waals surface area contributed by atoms with Crippen LogP contribution in [-0.2, 0) is 0 Å². The van der Waals surface area contributed by atoms with Gasteiger partial charge in [0.05, 0.1) is 6.17 Å². The lowest BCUT2D eigenvalue weighted by molar-refractivity contribution is 0.259. The molecule has 0 rings (SSSR count). The molecule has 0 radical (unpaired) electrons. The third-order valence-electron chi connectivity index (χ3n) is 1.43. The monoisotopic (exact) mass is 104 g/mol. The van der Waals surface area contributed by atoms with Crippen molar-refractivity contribution in [2.75, 3.05) is 0 Å². The average molecular weight is 104 g/mol. The first kappa shape index (κ1) is 6.93. The second-order valence-corrected chi connectivity index (χ2v) is 2.06. The van der Waals surface area contributed by atoms with Gasteiger partial charge in [0.1, 0.15) is 0 Å². The average Bonchev–Trinajstić information content (AvgIpc) is 1.65. The Morgan fingerprint density at radius 1 is 1.43 bits per heavy atom. The number of hydrogen-bond acceptors (Lipinski definition) is 0. The van der Waals surface area contributed by atoms with Gasteiger partial charge < -0.3 is 0 Å². The van der Waals surface area contributed by atoms with Crippen LogP contribution in [0.4, 0.5) is 4.39 Å². The first-order chi connectivity index (χ1) is 3.18. The highest BCUT2D eigenvalue weighted by atomic mass is 19.1. The van der Waals surface area contributed by atoms with Gasteiger partial charge in [-0.15, -0.1) is 0 Å². The van der Waals surface area contributed by atoms with E-state index in [4.69, 9.17) is 0 Å². The van der Waals surface area contributed by atoms with Crippen LogP contribution < -0.4 is 0 Å². The maximum atomic E-state index is 12.1. The van der Waals surface area contributed by atoms with Gasteiger partial charge in [-0.2, -0.15) is 0 Å². The molecule has 7 heavy (non-hydrogen) atoms. The van der Waals surface area contributed by atoms with Crippen LogP contribution in [0.3, 0.4) is 0 Å². The van der Waals surface area contributed by atoms with Crippen LogP contribution in [-0.4, -0.2) is 6.17 Å². The van der Waals surface area contributed by atoms with E-state index in [0.29, 0.717) is 0 Å². The third-order valence-corrected chi connectivity index (χ3v) is 1.43. The highest BCUT2D eigenvalue weighted by Gasteiger charge is 2.05. The van der Waals surface area contributed by atoms with Crippen molar-refractivity contribution in [3.8, 4) is 0 Å². The Balaban J connectivity index is 3.14. The van der Waals surface area contributed by atoms with Crippen molar-refractivity contribution in [2.45, 2.75) is 33.4 Å². The molecule has 0 heterocycles. The quantitative estimate of drug-likeness (QED) is 0.504. The van der Waals surface area contributed by atoms with Crippen molar-refractivity contribution < 1.29 is 4.39 Å². The predicted octanol–water partition coefficient (Wildman–Crippen LogP) is 2.39. The standard InChI is InChI=1S/C6H13F/c1-4-5(2)6(3)7/h5-6H,4H2,1-3H3/t5?,6-/m0/s1. The maximum Gasteiger partial charge on any atom is 0.0998 e. The predicted molar refractivity (Wildman–Crippen MR) is 30.0 cm³/mol. The van der Waals surface area contributed by atoms with Crippen LogP contribution in [0.15, 0.2) is 0 Å². The lowest BCUT2D eigenvalue weighted by Crippen LogP contribution is -2.05. The fraction of sp³-hybridized carbons (Fsp3) is 1.00. The molecule has 0 spiro atoms. The summed E-state index contributed by atoms with van der Waals surface area (Å²) in [5, 5.41) is 0. The van der Waals surface area contributed by atoms with Crippen LogP contribution in [0.25, 0.3) is 0 Å². The van der Waals surface area contributed by atoms with Crippen molar-refractivity contribution in [1.82, 2.24) is 0 Å². The molecule has 0 fully saturated rings. The van der Waals surface area contributed by atoms with E-state index >= 15 is 0 Å². The van der Waals surface area contributed by atoms with Crippen LogP contribution >= 0.6 is 0 Å². The van der Waals surface area contributed by atoms with Gasteiger partial charge in [-0.3, -0.25) is 0 Å². The van der Waals surface area contributed by atoms with Gasteiger partial charge in [0, 0.05) is 0 Å². The van der Waals surface area contributed by atoms with Crippen molar-refractivity contribution in [3.05, 3.63) is 0 Å². The topological polar surface area (TPSA) is 0 Å². The molecule has 44 valence electrons. The Labute approximate surface area is 44.7 Å². The molecule has 0 aromatic rings. The van der Waals surface area contributed by atoms with Gasteiger partial charge in [0.2, 0.25) is 0 Å². The number of rotatable bonds is 2. The summed E-state index contributed by atoms with van der Waals surface area (Å²) in [7, 11) is 0. The van der Waals surface area contributed by atoms with Gasteiger partial charge >= 0.3 is 0 Å². The zero-order valence-corrected chi connectivity index (χ0v) is 5.24. The Hall–Kier alpha value is -0.0700. The van der Waals surface area contributed by atoms with E-state index in [-0.39, 0.29) is 5.92 Å². The molecule has 0 aromatic carbocycles. The number of halogens is 1. The summed E-state index contributed by atoms with van der Waals surface area (Å²) in [5.41, 5.74) is 0. The molecule has 0 saturated heterocycles. The van der Waals surface area contributed by atoms with E-state index in [2.05, 4.69) is 0 Å². The number of alkyl halides is 1. The first-order valence-electron chi connectivity index (χ1n) is 2.82. The molecule has 0 N–H and O–H groups in total. The Morgan fingerprint density at radius 3 is 1.86 bits per heavy atom. The normalized spacial score (nSPS) is 18.9. The minimum absolute atomic E-state index is 0.236.